The van der Waals surface area contributed by atoms with Gasteiger partial charge in [-0.05, 0) is 47.4 Å². The van der Waals surface area contributed by atoms with Gasteiger partial charge in [-0.1, -0.05) is 78.9 Å². The number of hydrogen-bond acceptors (Lipinski definition) is 3. The lowest BCUT2D eigenvalue weighted by Crippen LogP contribution is -2.48. The molecule has 0 saturated carbocycles. The van der Waals surface area contributed by atoms with Gasteiger partial charge in [0.25, 0.3) is 0 Å². The minimum Gasteiger partial charge on any atom is -0.489 e. The smallest absolute Gasteiger partial charge is 0.169 e. The van der Waals surface area contributed by atoms with Gasteiger partial charge in [0.2, 0.25) is 0 Å². The second-order valence-corrected chi connectivity index (χ2v) is 7.39. The van der Waals surface area contributed by atoms with Crippen molar-refractivity contribution in [1.29, 1.82) is 0 Å². The summed E-state index contributed by atoms with van der Waals surface area (Å²) in [7, 11) is 0. The van der Waals surface area contributed by atoms with Gasteiger partial charge in [-0.15, -0.1) is 0 Å². The molecule has 0 bridgehead atoms. The Morgan fingerprint density at radius 1 is 0.828 bits per heavy atom. The fourth-order valence-corrected chi connectivity index (χ4v) is 3.37. The Bertz CT molecular complexity index is 990. The quantitative estimate of drug-likeness (QED) is 0.622. The third-order valence-electron chi connectivity index (χ3n) is 5.14. The van der Waals surface area contributed by atoms with Gasteiger partial charge in [-0.25, -0.2) is 0 Å². The fourth-order valence-electron chi connectivity index (χ4n) is 3.37. The number of nitrogens with zero attached hydrogens (tertiary/aromatic N) is 1. The van der Waals surface area contributed by atoms with E-state index in [1.54, 1.807) is 6.92 Å². The lowest BCUT2D eigenvalue weighted by atomic mass is 10.0. The molecule has 0 saturated heterocycles. The highest BCUT2D eigenvalue weighted by Gasteiger charge is 2.28. The van der Waals surface area contributed by atoms with E-state index in [0.717, 1.165) is 16.9 Å². The van der Waals surface area contributed by atoms with Gasteiger partial charge in [0.1, 0.15) is 12.4 Å². The molecule has 0 fully saturated rings. The Morgan fingerprint density at radius 2 is 1.41 bits per heavy atom. The van der Waals surface area contributed by atoms with E-state index < -0.39 is 5.72 Å². The SMILES string of the molecule is CC(O)(COc1ccc(-c2ccccc2)cc1)N1C=CC(c2ccccc2)=CC1. The molecule has 0 spiro atoms. The van der Waals surface area contributed by atoms with E-state index in [-0.39, 0.29) is 6.61 Å². The number of aliphatic hydroxyl groups is 1. The molecule has 1 unspecified atom stereocenters. The van der Waals surface area contributed by atoms with Crippen molar-refractivity contribution in [3.05, 3.63) is 109 Å². The maximum absolute atomic E-state index is 10.9. The first kappa shape index (κ1) is 19.0. The number of hydrogen-bond donors (Lipinski definition) is 1. The van der Waals surface area contributed by atoms with Crippen LogP contribution in [0.2, 0.25) is 0 Å². The van der Waals surface area contributed by atoms with Crippen LogP contribution in [0, 0.1) is 0 Å². The van der Waals surface area contributed by atoms with Crippen molar-refractivity contribution in [3.63, 3.8) is 0 Å². The maximum Gasteiger partial charge on any atom is 0.169 e. The molecule has 0 aromatic heterocycles. The van der Waals surface area contributed by atoms with Crippen LogP contribution < -0.4 is 4.74 Å². The molecule has 3 heteroatoms. The van der Waals surface area contributed by atoms with Crippen LogP contribution in [0.4, 0.5) is 0 Å². The minimum absolute atomic E-state index is 0.177. The van der Waals surface area contributed by atoms with E-state index in [9.17, 15) is 5.11 Å². The van der Waals surface area contributed by atoms with E-state index in [4.69, 9.17) is 4.74 Å². The number of rotatable bonds is 6. The summed E-state index contributed by atoms with van der Waals surface area (Å²) >= 11 is 0. The van der Waals surface area contributed by atoms with Crippen molar-refractivity contribution in [1.82, 2.24) is 4.90 Å². The molecule has 1 heterocycles. The lowest BCUT2D eigenvalue weighted by molar-refractivity contribution is -0.0909. The second kappa shape index (κ2) is 8.38. The van der Waals surface area contributed by atoms with Crippen molar-refractivity contribution >= 4 is 5.57 Å². The molecule has 0 amide bonds. The number of benzene rings is 3. The molecule has 3 aromatic carbocycles. The van der Waals surface area contributed by atoms with Crippen LogP contribution in [0.15, 0.2) is 103 Å². The van der Waals surface area contributed by atoms with Crippen LogP contribution in [0.25, 0.3) is 16.7 Å². The summed E-state index contributed by atoms with van der Waals surface area (Å²) in [6.45, 7) is 2.58. The van der Waals surface area contributed by atoms with E-state index >= 15 is 0 Å². The summed E-state index contributed by atoms with van der Waals surface area (Å²) in [5.74, 6) is 0.742. The summed E-state index contributed by atoms with van der Waals surface area (Å²) in [6, 6.07) is 28.4. The van der Waals surface area contributed by atoms with E-state index in [1.807, 2.05) is 77.8 Å². The zero-order valence-corrected chi connectivity index (χ0v) is 16.5. The molecule has 3 aromatic rings. The Hall–Kier alpha value is -3.30. The molecule has 29 heavy (non-hydrogen) atoms. The Balaban J connectivity index is 1.36. The predicted molar refractivity (Wildman–Crippen MR) is 118 cm³/mol. The van der Waals surface area contributed by atoms with Gasteiger partial charge in [-0.3, -0.25) is 0 Å². The molecule has 1 aliphatic rings. The molecule has 4 rings (SSSR count). The van der Waals surface area contributed by atoms with Gasteiger partial charge in [-0.2, -0.15) is 0 Å². The summed E-state index contributed by atoms with van der Waals surface area (Å²) < 4.78 is 5.88. The summed E-state index contributed by atoms with van der Waals surface area (Å²) in [5.41, 5.74) is 3.55. The number of ether oxygens (including phenoxy) is 1. The zero-order valence-electron chi connectivity index (χ0n) is 16.5. The highest BCUT2D eigenvalue weighted by molar-refractivity contribution is 5.74. The van der Waals surface area contributed by atoms with Gasteiger partial charge in [0, 0.05) is 12.7 Å². The minimum atomic E-state index is -1.10. The molecule has 146 valence electrons. The average molecular weight is 383 g/mol. The maximum atomic E-state index is 10.9. The molecular formula is C26H25NO2. The van der Waals surface area contributed by atoms with Crippen LogP contribution in [-0.2, 0) is 0 Å². The highest BCUT2D eigenvalue weighted by atomic mass is 16.5. The van der Waals surface area contributed by atoms with Crippen LogP contribution in [0.5, 0.6) is 5.75 Å². The molecular weight excluding hydrogens is 358 g/mol. The third-order valence-corrected chi connectivity index (χ3v) is 5.14. The third kappa shape index (κ3) is 4.58. The first-order chi connectivity index (χ1) is 14.1. The Morgan fingerprint density at radius 3 is 2.00 bits per heavy atom. The van der Waals surface area contributed by atoms with Crippen molar-refractivity contribution in [3.8, 4) is 16.9 Å². The first-order valence-corrected chi connectivity index (χ1v) is 9.83. The van der Waals surface area contributed by atoms with E-state index in [1.165, 1.54) is 11.1 Å². The average Bonchev–Trinajstić information content (AvgIpc) is 2.79. The number of allylic oxidation sites excluding steroid dienone is 2. The predicted octanol–water partition coefficient (Wildman–Crippen LogP) is 5.35. The first-order valence-electron chi connectivity index (χ1n) is 9.83. The Kier molecular flexibility index (Phi) is 5.50. The summed E-state index contributed by atoms with van der Waals surface area (Å²) in [6.07, 6.45) is 6.09. The van der Waals surface area contributed by atoms with Gasteiger partial charge < -0.3 is 14.7 Å². The highest BCUT2D eigenvalue weighted by Crippen LogP contribution is 2.25. The Labute approximate surface area is 172 Å². The monoisotopic (exact) mass is 383 g/mol. The van der Waals surface area contributed by atoms with Gasteiger partial charge in [0.15, 0.2) is 5.72 Å². The topological polar surface area (TPSA) is 32.7 Å². The molecule has 1 atom stereocenters. The van der Waals surface area contributed by atoms with Crippen molar-refractivity contribution in [2.24, 2.45) is 0 Å². The second-order valence-electron chi connectivity index (χ2n) is 7.39. The molecule has 0 aliphatic carbocycles. The van der Waals surface area contributed by atoms with Crippen LogP contribution in [0.1, 0.15) is 12.5 Å². The molecule has 3 nitrogen and oxygen atoms in total. The van der Waals surface area contributed by atoms with Crippen molar-refractivity contribution in [2.45, 2.75) is 12.6 Å². The zero-order chi connectivity index (χ0) is 20.1. The van der Waals surface area contributed by atoms with Gasteiger partial charge in [0.05, 0.1) is 0 Å². The molecule has 1 aliphatic heterocycles. The lowest BCUT2D eigenvalue weighted by Gasteiger charge is -2.37. The van der Waals surface area contributed by atoms with E-state index in [0.29, 0.717) is 6.54 Å². The molecule has 1 N–H and O–H groups in total. The summed E-state index contributed by atoms with van der Waals surface area (Å²) in [4.78, 5) is 1.89. The largest absolute Gasteiger partial charge is 0.489 e. The van der Waals surface area contributed by atoms with Gasteiger partial charge >= 0.3 is 0 Å². The fraction of sp³-hybridized carbons (Fsp3) is 0.154. The van der Waals surface area contributed by atoms with Crippen molar-refractivity contribution in [2.75, 3.05) is 13.2 Å². The standard InChI is InChI=1S/C26H25NO2/c1-26(28,27-18-16-24(17-19-27)22-10-6-3-7-11-22)20-29-25-14-12-23(13-15-25)21-8-4-2-5-9-21/h2-18,28H,19-20H2,1H3. The van der Waals surface area contributed by atoms with Crippen LogP contribution in [-0.4, -0.2) is 28.9 Å². The van der Waals surface area contributed by atoms with Crippen molar-refractivity contribution < 1.29 is 9.84 Å². The van der Waals surface area contributed by atoms with E-state index in [2.05, 4.69) is 30.3 Å². The normalized spacial score (nSPS) is 15.5. The van der Waals surface area contributed by atoms with Crippen LogP contribution >= 0.6 is 0 Å². The summed E-state index contributed by atoms with van der Waals surface area (Å²) in [5, 5.41) is 10.9. The van der Waals surface area contributed by atoms with Crippen LogP contribution in [0.3, 0.4) is 0 Å². The molecule has 0 radical (unpaired) electrons.